The number of hydrogen-bond acceptors (Lipinski definition) is 5. The molecule has 8 nitrogen and oxygen atoms in total. The van der Waals surface area contributed by atoms with Crippen LogP contribution in [-0.2, 0) is 20.7 Å². The summed E-state index contributed by atoms with van der Waals surface area (Å²) in [5, 5.41) is 12.7. The van der Waals surface area contributed by atoms with E-state index in [1.165, 1.54) is 4.90 Å². The van der Waals surface area contributed by atoms with Crippen molar-refractivity contribution in [3.05, 3.63) is 95.6 Å². The zero-order valence-corrected chi connectivity index (χ0v) is 22.4. The molecule has 4 rings (SSSR count). The van der Waals surface area contributed by atoms with Crippen LogP contribution in [0.4, 0.5) is 9.59 Å². The number of hydrogen-bond donors (Lipinski definition) is 2. The van der Waals surface area contributed by atoms with Crippen LogP contribution in [0.2, 0.25) is 0 Å². The predicted octanol–water partition coefficient (Wildman–Crippen LogP) is 5.46. The molecule has 1 aliphatic carbocycles. The van der Waals surface area contributed by atoms with Crippen molar-refractivity contribution in [2.24, 2.45) is 0 Å². The lowest BCUT2D eigenvalue weighted by Gasteiger charge is -2.29. The standard InChI is InChI=1S/C31H34N2O6/c1-31(2,3)39-29(36)32-17-18-33(27(28(34)35)19-21-11-5-4-6-12-21)30(37)38-20-26-24-15-9-7-13-22(24)23-14-8-10-16-25(23)26/h4-16,26-27H,17-20H2,1-3H3,(H,32,36)(H,34,35)/t27-/m0/s1. The zero-order valence-electron chi connectivity index (χ0n) is 22.4. The molecule has 1 aliphatic rings. The molecule has 1 atom stereocenters. The van der Waals surface area contributed by atoms with Crippen molar-refractivity contribution in [1.29, 1.82) is 0 Å². The van der Waals surface area contributed by atoms with Crippen LogP contribution >= 0.6 is 0 Å². The molecule has 0 aliphatic heterocycles. The van der Waals surface area contributed by atoms with Crippen LogP contribution < -0.4 is 5.32 Å². The van der Waals surface area contributed by atoms with E-state index in [1.807, 2.05) is 78.9 Å². The maximum atomic E-state index is 13.5. The molecule has 0 saturated heterocycles. The maximum Gasteiger partial charge on any atom is 0.410 e. The molecular weight excluding hydrogens is 496 g/mol. The Balaban J connectivity index is 1.51. The van der Waals surface area contributed by atoms with Gasteiger partial charge in [0.1, 0.15) is 18.2 Å². The van der Waals surface area contributed by atoms with Gasteiger partial charge in [0.15, 0.2) is 0 Å². The van der Waals surface area contributed by atoms with Crippen LogP contribution in [0.25, 0.3) is 11.1 Å². The van der Waals surface area contributed by atoms with Gasteiger partial charge < -0.3 is 19.9 Å². The van der Waals surface area contributed by atoms with Gasteiger partial charge in [0.25, 0.3) is 0 Å². The Kier molecular flexibility index (Phi) is 8.54. The maximum absolute atomic E-state index is 13.5. The molecule has 0 aromatic heterocycles. The fraction of sp³-hybridized carbons (Fsp3) is 0.323. The number of alkyl carbamates (subject to hydrolysis) is 1. The number of rotatable bonds is 9. The molecule has 3 aromatic carbocycles. The van der Waals surface area contributed by atoms with Gasteiger partial charge in [-0.1, -0.05) is 78.9 Å². The lowest BCUT2D eigenvalue weighted by atomic mass is 9.98. The summed E-state index contributed by atoms with van der Waals surface area (Å²) in [4.78, 5) is 39.1. The molecule has 2 amide bonds. The smallest absolute Gasteiger partial charge is 0.410 e. The average molecular weight is 531 g/mol. The first-order chi connectivity index (χ1) is 18.6. The second kappa shape index (κ2) is 12.0. The summed E-state index contributed by atoms with van der Waals surface area (Å²) in [6, 6.07) is 23.9. The van der Waals surface area contributed by atoms with E-state index in [2.05, 4.69) is 5.32 Å². The van der Waals surface area contributed by atoms with E-state index < -0.39 is 29.8 Å². The van der Waals surface area contributed by atoms with Crippen LogP contribution in [0.1, 0.15) is 43.4 Å². The molecule has 0 radical (unpaired) electrons. The number of carbonyl (C=O) groups is 3. The van der Waals surface area contributed by atoms with Gasteiger partial charge in [0.2, 0.25) is 0 Å². The first-order valence-corrected chi connectivity index (χ1v) is 13.0. The Labute approximate surface area is 228 Å². The molecule has 0 saturated carbocycles. The van der Waals surface area contributed by atoms with Crippen molar-refractivity contribution in [2.45, 2.75) is 44.8 Å². The number of nitrogens with zero attached hydrogens (tertiary/aromatic N) is 1. The third-order valence-electron chi connectivity index (χ3n) is 6.52. The average Bonchev–Trinajstić information content (AvgIpc) is 3.22. The van der Waals surface area contributed by atoms with Crippen molar-refractivity contribution < 1.29 is 29.0 Å². The third-order valence-corrected chi connectivity index (χ3v) is 6.52. The van der Waals surface area contributed by atoms with Gasteiger partial charge in [0.05, 0.1) is 0 Å². The molecule has 0 fully saturated rings. The number of nitrogens with one attached hydrogen (secondary N) is 1. The number of benzene rings is 3. The van der Waals surface area contributed by atoms with Crippen LogP contribution in [0.15, 0.2) is 78.9 Å². The summed E-state index contributed by atoms with van der Waals surface area (Å²) in [6.45, 7) is 5.22. The molecule has 2 N–H and O–H groups in total. The second-order valence-corrected chi connectivity index (χ2v) is 10.5. The Bertz CT molecular complexity index is 1270. The minimum atomic E-state index is -1.19. The topological polar surface area (TPSA) is 105 Å². The predicted molar refractivity (Wildman–Crippen MR) is 148 cm³/mol. The minimum absolute atomic E-state index is 0.00230. The first-order valence-electron chi connectivity index (χ1n) is 13.0. The van der Waals surface area contributed by atoms with Crippen molar-refractivity contribution in [3.8, 4) is 11.1 Å². The quantitative estimate of drug-likeness (QED) is 0.381. The second-order valence-electron chi connectivity index (χ2n) is 10.5. The molecule has 3 aromatic rings. The van der Waals surface area contributed by atoms with Gasteiger partial charge in [-0.15, -0.1) is 0 Å². The van der Waals surface area contributed by atoms with E-state index in [0.29, 0.717) is 0 Å². The monoisotopic (exact) mass is 530 g/mol. The Morgan fingerprint density at radius 2 is 1.46 bits per heavy atom. The molecule has 0 heterocycles. The minimum Gasteiger partial charge on any atom is -0.480 e. The van der Waals surface area contributed by atoms with Crippen molar-refractivity contribution >= 4 is 18.2 Å². The highest BCUT2D eigenvalue weighted by Gasteiger charge is 2.34. The number of carbonyl (C=O) groups excluding carboxylic acids is 2. The number of fused-ring (bicyclic) bond motifs is 3. The van der Waals surface area contributed by atoms with Gasteiger partial charge in [-0.2, -0.15) is 0 Å². The van der Waals surface area contributed by atoms with Crippen LogP contribution in [0.5, 0.6) is 0 Å². The normalized spacial score (nSPS) is 13.1. The summed E-state index contributed by atoms with van der Waals surface area (Å²) in [6.07, 6.45) is -1.32. The highest BCUT2D eigenvalue weighted by Crippen LogP contribution is 2.44. The molecule has 0 unspecified atom stereocenters. The Hall–Kier alpha value is -4.33. The van der Waals surface area contributed by atoms with E-state index in [9.17, 15) is 19.5 Å². The van der Waals surface area contributed by atoms with Crippen molar-refractivity contribution in [1.82, 2.24) is 10.2 Å². The van der Waals surface area contributed by atoms with Gasteiger partial charge in [-0.25, -0.2) is 14.4 Å². The van der Waals surface area contributed by atoms with E-state index in [4.69, 9.17) is 9.47 Å². The van der Waals surface area contributed by atoms with E-state index in [-0.39, 0.29) is 32.0 Å². The van der Waals surface area contributed by atoms with E-state index >= 15 is 0 Å². The number of aliphatic carboxylic acids is 1. The number of carboxylic acid groups (broad SMARTS) is 1. The Morgan fingerprint density at radius 3 is 2.03 bits per heavy atom. The Morgan fingerprint density at radius 1 is 0.897 bits per heavy atom. The van der Waals surface area contributed by atoms with Gasteiger partial charge >= 0.3 is 18.2 Å². The van der Waals surface area contributed by atoms with E-state index in [1.54, 1.807) is 20.8 Å². The SMILES string of the molecule is CC(C)(C)OC(=O)NCCN(C(=O)OCC1c2ccccc2-c2ccccc21)[C@@H](Cc1ccccc1)C(=O)O. The van der Waals surface area contributed by atoms with Gasteiger partial charge in [-0.3, -0.25) is 4.90 Å². The fourth-order valence-electron chi connectivity index (χ4n) is 4.81. The van der Waals surface area contributed by atoms with Crippen LogP contribution in [-0.4, -0.2) is 59.5 Å². The molecule has 0 spiro atoms. The molecule has 0 bridgehead atoms. The lowest BCUT2D eigenvalue weighted by molar-refractivity contribution is -0.142. The lowest BCUT2D eigenvalue weighted by Crippen LogP contribution is -2.50. The molecule has 39 heavy (non-hydrogen) atoms. The highest BCUT2D eigenvalue weighted by molar-refractivity contribution is 5.81. The fourth-order valence-corrected chi connectivity index (χ4v) is 4.81. The summed E-state index contributed by atoms with van der Waals surface area (Å²) in [5.74, 6) is -1.33. The summed E-state index contributed by atoms with van der Waals surface area (Å²) in [5.41, 5.74) is 4.39. The van der Waals surface area contributed by atoms with Gasteiger partial charge in [0, 0.05) is 25.4 Å². The number of amides is 2. The summed E-state index contributed by atoms with van der Waals surface area (Å²) < 4.78 is 11.1. The largest absolute Gasteiger partial charge is 0.480 e. The molecular formula is C31H34N2O6. The van der Waals surface area contributed by atoms with Crippen LogP contribution in [0.3, 0.4) is 0 Å². The van der Waals surface area contributed by atoms with Gasteiger partial charge in [-0.05, 0) is 48.6 Å². The van der Waals surface area contributed by atoms with Crippen molar-refractivity contribution in [3.63, 3.8) is 0 Å². The zero-order chi connectivity index (χ0) is 28.0. The summed E-state index contributed by atoms with van der Waals surface area (Å²) >= 11 is 0. The number of ether oxygens (including phenoxy) is 2. The third kappa shape index (κ3) is 6.96. The highest BCUT2D eigenvalue weighted by atomic mass is 16.6. The van der Waals surface area contributed by atoms with Crippen molar-refractivity contribution in [2.75, 3.05) is 19.7 Å². The van der Waals surface area contributed by atoms with E-state index in [0.717, 1.165) is 27.8 Å². The summed E-state index contributed by atoms with van der Waals surface area (Å²) in [7, 11) is 0. The first kappa shape index (κ1) is 27.7. The molecule has 204 valence electrons. The molecule has 8 heteroatoms. The van der Waals surface area contributed by atoms with Crippen LogP contribution in [0, 0.1) is 0 Å². The number of carboxylic acids is 1.